The molecule has 1 aromatic rings. The van der Waals surface area contributed by atoms with Gasteiger partial charge >= 0.3 is 5.97 Å². The second kappa shape index (κ2) is 6.00. The number of methoxy groups -OCH3 is 1. The van der Waals surface area contributed by atoms with Crippen molar-refractivity contribution in [2.45, 2.75) is 18.9 Å². The standard InChI is InChI=1S/C13H16O4S/c1-16-12-10(13(14)15)5-2-6-11(12)17-9-4-3-7-18-8-9/h2,5-6,9H,3-4,7-8H2,1H3,(H,14,15). The van der Waals surface area contributed by atoms with Gasteiger partial charge in [-0.3, -0.25) is 0 Å². The van der Waals surface area contributed by atoms with Crippen molar-refractivity contribution in [1.82, 2.24) is 0 Å². The molecular formula is C13H16O4S. The summed E-state index contributed by atoms with van der Waals surface area (Å²) in [6.45, 7) is 0. The van der Waals surface area contributed by atoms with Crippen molar-refractivity contribution in [2.24, 2.45) is 0 Å². The van der Waals surface area contributed by atoms with Crippen molar-refractivity contribution in [3.63, 3.8) is 0 Å². The van der Waals surface area contributed by atoms with E-state index in [0.717, 1.165) is 18.6 Å². The van der Waals surface area contributed by atoms with E-state index in [1.165, 1.54) is 18.9 Å². The lowest BCUT2D eigenvalue weighted by molar-refractivity contribution is 0.0691. The second-order valence-corrected chi connectivity index (χ2v) is 5.25. The van der Waals surface area contributed by atoms with E-state index in [1.54, 1.807) is 12.1 Å². The summed E-state index contributed by atoms with van der Waals surface area (Å²) in [5, 5.41) is 9.09. The van der Waals surface area contributed by atoms with Gasteiger partial charge in [0.15, 0.2) is 11.5 Å². The maximum atomic E-state index is 11.1. The van der Waals surface area contributed by atoms with Gasteiger partial charge in [0, 0.05) is 5.75 Å². The number of carboxylic acids is 1. The van der Waals surface area contributed by atoms with Gasteiger partial charge in [-0.15, -0.1) is 0 Å². The summed E-state index contributed by atoms with van der Waals surface area (Å²) in [5.41, 5.74) is 0.137. The monoisotopic (exact) mass is 268 g/mol. The van der Waals surface area contributed by atoms with Crippen LogP contribution in [-0.4, -0.2) is 35.8 Å². The van der Waals surface area contributed by atoms with Crippen molar-refractivity contribution < 1.29 is 19.4 Å². The summed E-state index contributed by atoms with van der Waals surface area (Å²) in [6.07, 6.45) is 2.28. The maximum Gasteiger partial charge on any atom is 0.339 e. The molecule has 1 saturated heterocycles. The Bertz CT molecular complexity index is 427. The van der Waals surface area contributed by atoms with Crippen molar-refractivity contribution in [3.8, 4) is 11.5 Å². The Balaban J connectivity index is 2.20. The minimum Gasteiger partial charge on any atom is -0.492 e. The average Bonchev–Trinajstić information content (AvgIpc) is 2.39. The number of benzene rings is 1. The van der Waals surface area contributed by atoms with E-state index in [1.807, 2.05) is 11.8 Å². The molecule has 0 spiro atoms. The molecule has 18 heavy (non-hydrogen) atoms. The van der Waals surface area contributed by atoms with E-state index in [0.29, 0.717) is 11.5 Å². The Morgan fingerprint density at radius 2 is 2.33 bits per heavy atom. The topological polar surface area (TPSA) is 55.8 Å². The molecule has 1 aromatic carbocycles. The lowest BCUT2D eigenvalue weighted by Crippen LogP contribution is -2.23. The summed E-state index contributed by atoms with van der Waals surface area (Å²) < 4.78 is 11.0. The zero-order valence-corrected chi connectivity index (χ0v) is 11.0. The van der Waals surface area contributed by atoms with Crippen molar-refractivity contribution in [1.29, 1.82) is 0 Å². The molecule has 0 radical (unpaired) electrons. The summed E-state index contributed by atoms with van der Waals surface area (Å²) in [7, 11) is 1.46. The highest BCUT2D eigenvalue weighted by atomic mass is 32.2. The van der Waals surface area contributed by atoms with Crippen LogP contribution < -0.4 is 9.47 Å². The zero-order chi connectivity index (χ0) is 13.0. The molecule has 0 amide bonds. The van der Waals surface area contributed by atoms with E-state index in [4.69, 9.17) is 14.6 Å². The zero-order valence-electron chi connectivity index (χ0n) is 10.2. The summed E-state index contributed by atoms with van der Waals surface area (Å²) in [4.78, 5) is 11.1. The van der Waals surface area contributed by atoms with E-state index in [9.17, 15) is 4.79 Å². The van der Waals surface area contributed by atoms with E-state index in [2.05, 4.69) is 0 Å². The number of rotatable bonds is 4. The van der Waals surface area contributed by atoms with Crippen LogP contribution in [0.3, 0.4) is 0 Å². The minimum absolute atomic E-state index is 0.137. The van der Waals surface area contributed by atoms with Crippen LogP contribution in [0, 0.1) is 0 Å². The molecule has 1 N–H and O–H groups in total. The van der Waals surface area contributed by atoms with Gasteiger partial charge < -0.3 is 14.6 Å². The molecule has 4 nitrogen and oxygen atoms in total. The predicted octanol–water partition coefficient (Wildman–Crippen LogP) is 2.67. The van der Waals surface area contributed by atoms with Crippen LogP contribution in [0.4, 0.5) is 0 Å². The molecule has 0 bridgehead atoms. The van der Waals surface area contributed by atoms with Gasteiger partial charge in [0.25, 0.3) is 0 Å². The fourth-order valence-corrected chi connectivity index (χ4v) is 3.01. The van der Waals surface area contributed by atoms with Crippen LogP contribution >= 0.6 is 11.8 Å². The Morgan fingerprint density at radius 1 is 1.50 bits per heavy atom. The van der Waals surface area contributed by atoms with Crippen LogP contribution in [-0.2, 0) is 0 Å². The molecule has 1 fully saturated rings. The number of carbonyl (C=O) groups is 1. The molecule has 1 unspecified atom stereocenters. The fourth-order valence-electron chi connectivity index (χ4n) is 1.97. The molecule has 2 rings (SSSR count). The molecule has 98 valence electrons. The SMILES string of the molecule is COc1c(OC2CCCSC2)cccc1C(=O)O. The lowest BCUT2D eigenvalue weighted by Gasteiger charge is -2.24. The highest BCUT2D eigenvalue weighted by Gasteiger charge is 2.20. The fraction of sp³-hybridized carbons (Fsp3) is 0.462. The quantitative estimate of drug-likeness (QED) is 0.909. The predicted molar refractivity (Wildman–Crippen MR) is 70.9 cm³/mol. The van der Waals surface area contributed by atoms with Crippen LogP contribution in [0.2, 0.25) is 0 Å². The van der Waals surface area contributed by atoms with Crippen molar-refractivity contribution >= 4 is 17.7 Å². The van der Waals surface area contributed by atoms with E-state index < -0.39 is 5.97 Å². The summed E-state index contributed by atoms with van der Waals surface area (Å²) in [5.74, 6) is 1.94. The first-order valence-corrected chi connectivity index (χ1v) is 7.02. The number of hydrogen-bond acceptors (Lipinski definition) is 4. The molecular weight excluding hydrogens is 252 g/mol. The Kier molecular flexibility index (Phi) is 4.36. The van der Waals surface area contributed by atoms with Gasteiger partial charge in [0.2, 0.25) is 0 Å². The number of thioether (sulfide) groups is 1. The van der Waals surface area contributed by atoms with Crippen LogP contribution in [0.25, 0.3) is 0 Å². The largest absolute Gasteiger partial charge is 0.492 e. The molecule has 1 heterocycles. The van der Waals surface area contributed by atoms with Gasteiger partial charge in [-0.2, -0.15) is 11.8 Å². The first-order chi connectivity index (χ1) is 8.72. The molecule has 0 saturated carbocycles. The third-order valence-corrected chi connectivity index (χ3v) is 4.01. The highest BCUT2D eigenvalue weighted by molar-refractivity contribution is 7.99. The third-order valence-electron chi connectivity index (χ3n) is 2.83. The Morgan fingerprint density at radius 3 is 2.94 bits per heavy atom. The highest BCUT2D eigenvalue weighted by Crippen LogP contribution is 2.33. The van der Waals surface area contributed by atoms with Gasteiger partial charge in [-0.1, -0.05) is 6.07 Å². The number of ether oxygens (including phenoxy) is 2. The molecule has 0 aliphatic carbocycles. The number of hydrogen-bond donors (Lipinski definition) is 1. The molecule has 0 aromatic heterocycles. The van der Waals surface area contributed by atoms with Crippen LogP contribution in [0.15, 0.2) is 18.2 Å². The Labute approximate surface area is 110 Å². The number of carboxylic acid groups (broad SMARTS) is 1. The molecule has 1 aliphatic heterocycles. The van der Waals surface area contributed by atoms with Gasteiger partial charge in [-0.05, 0) is 30.7 Å². The maximum absolute atomic E-state index is 11.1. The van der Waals surface area contributed by atoms with Crippen LogP contribution in [0.5, 0.6) is 11.5 Å². The van der Waals surface area contributed by atoms with Crippen molar-refractivity contribution in [2.75, 3.05) is 18.6 Å². The third kappa shape index (κ3) is 2.90. The summed E-state index contributed by atoms with van der Waals surface area (Å²) in [6, 6.07) is 4.95. The second-order valence-electron chi connectivity index (χ2n) is 4.10. The number of para-hydroxylation sites is 1. The van der Waals surface area contributed by atoms with Gasteiger partial charge in [-0.25, -0.2) is 4.79 Å². The average molecular weight is 268 g/mol. The van der Waals surface area contributed by atoms with Gasteiger partial charge in [0.05, 0.1) is 7.11 Å². The first kappa shape index (κ1) is 13.1. The minimum atomic E-state index is -1.00. The van der Waals surface area contributed by atoms with Gasteiger partial charge in [0.1, 0.15) is 11.7 Å². The first-order valence-electron chi connectivity index (χ1n) is 5.87. The number of aromatic carboxylic acids is 1. The molecule has 5 heteroatoms. The normalized spacial score (nSPS) is 19.3. The molecule has 1 atom stereocenters. The Hall–Kier alpha value is -1.36. The molecule has 1 aliphatic rings. The smallest absolute Gasteiger partial charge is 0.339 e. The van der Waals surface area contributed by atoms with Crippen LogP contribution in [0.1, 0.15) is 23.2 Å². The summed E-state index contributed by atoms with van der Waals surface area (Å²) >= 11 is 1.86. The van der Waals surface area contributed by atoms with Crippen molar-refractivity contribution in [3.05, 3.63) is 23.8 Å². The lowest BCUT2D eigenvalue weighted by atomic mass is 10.1. The van der Waals surface area contributed by atoms with E-state index in [-0.39, 0.29) is 11.7 Å². The van der Waals surface area contributed by atoms with E-state index >= 15 is 0 Å².